The van der Waals surface area contributed by atoms with E-state index in [1.807, 2.05) is 31.4 Å². The second kappa shape index (κ2) is 7.70. The first-order valence-electron chi connectivity index (χ1n) is 7.78. The van der Waals surface area contributed by atoms with E-state index < -0.39 is 5.60 Å². The number of hydrogen-bond donors (Lipinski definition) is 2. The van der Waals surface area contributed by atoms with Crippen molar-refractivity contribution in [2.45, 2.75) is 45.6 Å². The largest absolute Gasteiger partial charge is 0.388 e. The molecule has 0 spiro atoms. The Morgan fingerprint density at radius 2 is 2.35 bits per heavy atom. The van der Waals surface area contributed by atoms with Crippen LogP contribution in [0.15, 0.2) is 22.0 Å². The summed E-state index contributed by atoms with van der Waals surface area (Å²) in [6.07, 6.45) is 1.49. The van der Waals surface area contributed by atoms with Crippen molar-refractivity contribution in [3.8, 4) is 10.7 Å². The van der Waals surface area contributed by atoms with E-state index in [0.29, 0.717) is 18.1 Å². The maximum absolute atomic E-state index is 11.9. The van der Waals surface area contributed by atoms with Crippen molar-refractivity contribution in [3.05, 3.63) is 23.4 Å². The fourth-order valence-corrected chi connectivity index (χ4v) is 2.71. The van der Waals surface area contributed by atoms with Crippen LogP contribution in [0.2, 0.25) is 0 Å². The quantitative estimate of drug-likeness (QED) is 0.773. The minimum absolute atomic E-state index is 0.118. The molecule has 0 saturated heterocycles. The maximum atomic E-state index is 11.9. The van der Waals surface area contributed by atoms with Crippen molar-refractivity contribution in [2.24, 2.45) is 5.92 Å². The number of carbonyl (C=O) groups is 1. The molecule has 2 heterocycles. The number of aromatic nitrogens is 2. The molecule has 0 fully saturated rings. The van der Waals surface area contributed by atoms with Gasteiger partial charge in [-0.1, -0.05) is 31.5 Å². The third-order valence-electron chi connectivity index (χ3n) is 4.09. The molecule has 2 unspecified atom stereocenters. The van der Waals surface area contributed by atoms with E-state index in [9.17, 15) is 9.90 Å². The molecular weight excluding hydrogens is 314 g/mol. The van der Waals surface area contributed by atoms with Crippen LogP contribution in [0.4, 0.5) is 0 Å². The Hall–Kier alpha value is -1.73. The number of hydrogen-bond acceptors (Lipinski definition) is 6. The number of thiophene rings is 1. The lowest BCUT2D eigenvalue weighted by Crippen LogP contribution is -2.45. The predicted molar refractivity (Wildman–Crippen MR) is 89.0 cm³/mol. The lowest BCUT2D eigenvalue weighted by atomic mass is 9.88. The lowest BCUT2D eigenvalue weighted by molar-refractivity contribution is -0.122. The fourth-order valence-electron chi connectivity index (χ4n) is 2.06. The summed E-state index contributed by atoms with van der Waals surface area (Å²) >= 11 is 1.54. The van der Waals surface area contributed by atoms with E-state index in [0.717, 1.165) is 11.3 Å². The molecule has 2 rings (SSSR count). The van der Waals surface area contributed by atoms with Crippen molar-refractivity contribution in [3.63, 3.8) is 0 Å². The summed E-state index contributed by atoms with van der Waals surface area (Å²) in [5, 5.41) is 18.9. The Bertz CT molecular complexity index is 622. The number of carbonyl (C=O) groups excluding carboxylic acids is 1. The molecule has 7 heteroatoms. The van der Waals surface area contributed by atoms with Gasteiger partial charge in [-0.25, -0.2) is 0 Å². The first kappa shape index (κ1) is 17.6. The fraction of sp³-hybridized carbons (Fsp3) is 0.562. The number of rotatable bonds is 8. The predicted octanol–water partition coefficient (Wildman–Crippen LogP) is 2.64. The first-order valence-corrected chi connectivity index (χ1v) is 8.66. The standard InChI is InChI=1S/C16H23N3O3S/c1-4-11(2)16(3,21)10-17-13(20)7-8-14-18-15(19-22-14)12-6-5-9-23-12/h5-6,9,11,21H,4,7-8,10H2,1-3H3,(H,17,20). The van der Waals surface area contributed by atoms with Crippen molar-refractivity contribution in [1.82, 2.24) is 15.5 Å². The van der Waals surface area contributed by atoms with E-state index in [1.54, 1.807) is 6.92 Å². The Kier molecular flexibility index (Phi) is 5.90. The van der Waals surface area contributed by atoms with Crippen LogP contribution in [0, 0.1) is 5.92 Å². The van der Waals surface area contributed by atoms with Crippen LogP contribution in [0.1, 0.15) is 39.5 Å². The lowest BCUT2D eigenvalue weighted by Gasteiger charge is -2.29. The van der Waals surface area contributed by atoms with Crippen molar-refractivity contribution in [1.29, 1.82) is 0 Å². The monoisotopic (exact) mass is 337 g/mol. The molecule has 23 heavy (non-hydrogen) atoms. The minimum Gasteiger partial charge on any atom is -0.388 e. The SMILES string of the molecule is CCC(C)C(C)(O)CNC(=O)CCc1nc(-c2cccs2)no1. The molecule has 2 atom stereocenters. The summed E-state index contributed by atoms with van der Waals surface area (Å²) in [7, 11) is 0. The van der Waals surface area contributed by atoms with Gasteiger partial charge in [-0.15, -0.1) is 11.3 Å². The van der Waals surface area contributed by atoms with Gasteiger partial charge in [0.25, 0.3) is 0 Å². The summed E-state index contributed by atoms with van der Waals surface area (Å²) in [6.45, 7) is 5.97. The summed E-state index contributed by atoms with van der Waals surface area (Å²) < 4.78 is 5.16. The Morgan fingerprint density at radius 3 is 3.00 bits per heavy atom. The highest BCUT2D eigenvalue weighted by atomic mass is 32.1. The number of aryl methyl sites for hydroxylation is 1. The minimum atomic E-state index is -0.902. The van der Waals surface area contributed by atoms with Crippen LogP contribution in [0.3, 0.4) is 0 Å². The highest BCUT2D eigenvalue weighted by Gasteiger charge is 2.27. The molecule has 0 aliphatic carbocycles. The van der Waals surface area contributed by atoms with Gasteiger partial charge in [0.2, 0.25) is 17.6 Å². The molecule has 1 amide bonds. The van der Waals surface area contributed by atoms with Gasteiger partial charge in [-0.2, -0.15) is 4.98 Å². The van der Waals surface area contributed by atoms with Crippen molar-refractivity contribution < 1.29 is 14.4 Å². The van der Waals surface area contributed by atoms with Crippen LogP contribution in [-0.2, 0) is 11.2 Å². The Morgan fingerprint density at radius 1 is 1.57 bits per heavy atom. The molecule has 2 aromatic rings. The average Bonchev–Trinajstić information content (AvgIpc) is 3.20. The third-order valence-corrected chi connectivity index (χ3v) is 4.96. The summed E-state index contributed by atoms with van der Waals surface area (Å²) in [4.78, 5) is 17.1. The number of amides is 1. The van der Waals surface area contributed by atoms with Crippen LogP contribution in [-0.4, -0.2) is 33.3 Å². The number of nitrogens with zero attached hydrogens (tertiary/aromatic N) is 2. The second-order valence-corrected chi connectivity index (χ2v) is 6.88. The molecule has 0 aromatic carbocycles. The molecule has 0 aliphatic rings. The zero-order valence-electron chi connectivity index (χ0n) is 13.7. The molecule has 0 bridgehead atoms. The summed E-state index contributed by atoms with van der Waals surface area (Å²) in [5.41, 5.74) is -0.902. The molecule has 0 saturated carbocycles. The highest BCUT2D eigenvalue weighted by molar-refractivity contribution is 7.13. The van der Waals surface area contributed by atoms with Gasteiger partial charge in [-0.3, -0.25) is 4.79 Å². The molecule has 0 radical (unpaired) electrons. The van der Waals surface area contributed by atoms with Crippen LogP contribution in [0.5, 0.6) is 0 Å². The van der Waals surface area contributed by atoms with Gasteiger partial charge in [0.15, 0.2) is 0 Å². The van der Waals surface area contributed by atoms with Gasteiger partial charge in [0, 0.05) is 19.4 Å². The van der Waals surface area contributed by atoms with Gasteiger partial charge < -0.3 is 14.9 Å². The molecule has 126 valence electrons. The maximum Gasteiger partial charge on any atom is 0.227 e. The Balaban J connectivity index is 1.79. The topological polar surface area (TPSA) is 88.2 Å². The molecule has 0 aliphatic heterocycles. The summed E-state index contributed by atoms with van der Waals surface area (Å²) in [5.74, 6) is 0.976. The number of nitrogens with one attached hydrogen (secondary N) is 1. The van der Waals surface area contributed by atoms with Crippen molar-refractivity contribution >= 4 is 17.2 Å². The highest BCUT2D eigenvalue weighted by Crippen LogP contribution is 2.21. The van der Waals surface area contributed by atoms with E-state index in [2.05, 4.69) is 15.5 Å². The van der Waals surface area contributed by atoms with Gasteiger partial charge in [0.05, 0.1) is 10.5 Å². The van der Waals surface area contributed by atoms with Gasteiger partial charge in [-0.05, 0) is 24.3 Å². The normalized spacial score (nSPS) is 15.1. The molecular formula is C16H23N3O3S. The van der Waals surface area contributed by atoms with E-state index in [1.165, 1.54) is 11.3 Å². The van der Waals surface area contributed by atoms with Crippen LogP contribution in [0.25, 0.3) is 10.7 Å². The molecule has 2 aromatic heterocycles. The van der Waals surface area contributed by atoms with Gasteiger partial charge in [0.1, 0.15) is 0 Å². The summed E-state index contributed by atoms with van der Waals surface area (Å²) in [6, 6.07) is 3.84. The van der Waals surface area contributed by atoms with E-state index in [4.69, 9.17) is 4.52 Å². The van der Waals surface area contributed by atoms with Crippen molar-refractivity contribution in [2.75, 3.05) is 6.54 Å². The smallest absolute Gasteiger partial charge is 0.227 e. The van der Waals surface area contributed by atoms with E-state index in [-0.39, 0.29) is 24.8 Å². The van der Waals surface area contributed by atoms with Crippen LogP contribution >= 0.6 is 11.3 Å². The average molecular weight is 337 g/mol. The first-order chi connectivity index (χ1) is 10.9. The van der Waals surface area contributed by atoms with Gasteiger partial charge >= 0.3 is 0 Å². The zero-order chi connectivity index (χ0) is 16.9. The molecule has 2 N–H and O–H groups in total. The number of aliphatic hydroxyl groups is 1. The third kappa shape index (κ3) is 4.87. The van der Waals surface area contributed by atoms with Crippen LogP contribution < -0.4 is 5.32 Å². The Labute approximate surface area is 139 Å². The van der Waals surface area contributed by atoms with E-state index >= 15 is 0 Å². The molecule has 6 nitrogen and oxygen atoms in total. The second-order valence-electron chi connectivity index (χ2n) is 5.93. The zero-order valence-corrected chi connectivity index (χ0v) is 14.5.